The summed E-state index contributed by atoms with van der Waals surface area (Å²) in [6.45, 7) is 1.50. The number of hydrogen-bond acceptors (Lipinski definition) is 4. The fraction of sp³-hybridized carbons (Fsp3) is 0.824. The zero-order valence-electron chi connectivity index (χ0n) is 14.2. The van der Waals surface area contributed by atoms with Crippen LogP contribution in [-0.4, -0.2) is 45.2 Å². The van der Waals surface area contributed by atoms with Crippen molar-refractivity contribution in [2.24, 2.45) is 0 Å². The summed E-state index contributed by atoms with van der Waals surface area (Å²) in [6.07, 6.45) is 12.6. The topological polar surface area (TPSA) is 63.1 Å². The molecular weight excluding hydrogens is 290 g/mol. The van der Waals surface area contributed by atoms with E-state index in [2.05, 4.69) is 32.0 Å². The smallest absolute Gasteiger partial charge is 0.237 e. The van der Waals surface area contributed by atoms with E-state index in [1.807, 2.05) is 6.33 Å². The second-order valence-electron chi connectivity index (χ2n) is 7.01. The molecule has 1 aromatic heterocycles. The number of carbonyl (C=O) groups is 1. The summed E-state index contributed by atoms with van der Waals surface area (Å²) >= 11 is 0. The minimum atomic E-state index is 0.00329. The van der Waals surface area contributed by atoms with Crippen LogP contribution in [0.3, 0.4) is 0 Å². The van der Waals surface area contributed by atoms with Gasteiger partial charge in [-0.15, -0.1) is 10.2 Å². The van der Waals surface area contributed by atoms with Gasteiger partial charge in [0, 0.05) is 6.04 Å². The minimum Gasteiger partial charge on any atom is -0.347 e. The molecule has 2 fully saturated rings. The number of carbonyl (C=O) groups excluding carboxylic acids is 1. The predicted molar refractivity (Wildman–Crippen MR) is 88.9 cm³/mol. The first-order valence-corrected chi connectivity index (χ1v) is 9.12. The molecule has 2 heterocycles. The third kappa shape index (κ3) is 4.10. The first kappa shape index (κ1) is 16.4. The van der Waals surface area contributed by atoms with Crippen LogP contribution in [0, 0.1) is 0 Å². The summed E-state index contributed by atoms with van der Waals surface area (Å²) in [7, 11) is 2.06. The van der Waals surface area contributed by atoms with Crippen molar-refractivity contribution in [2.45, 2.75) is 76.4 Å². The highest BCUT2D eigenvalue weighted by molar-refractivity contribution is 5.81. The van der Waals surface area contributed by atoms with E-state index >= 15 is 0 Å². The second kappa shape index (κ2) is 7.90. The van der Waals surface area contributed by atoms with Gasteiger partial charge in [0.25, 0.3) is 0 Å². The van der Waals surface area contributed by atoms with E-state index < -0.39 is 0 Å². The van der Waals surface area contributed by atoms with Crippen molar-refractivity contribution in [1.29, 1.82) is 0 Å². The average molecular weight is 319 g/mol. The molecule has 1 aliphatic carbocycles. The molecule has 6 heteroatoms. The highest BCUT2D eigenvalue weighted by atomic mass is 16.2. The first-order valence-electron chi connectivity index (χ1n) is 9.12. The third-order valence-electron chi connectivity index (χ3n) is 5.36. The molecule has 1 saturated carbocycles. The number of aromatic nitrogens is 3. The molecule has 0 radical (unpaired) electrons. The van der Waals surface area contributed by atoms with Gasteiger partial charge in [0.2, 0.25) is 5.91 Å². The van der Waals surface area contributed by atoms with Gasteiger partial charge < -0.3 is 9.88 Å². The highest BCUT2D eigenvalue weighted by Gasteiger charge is 2.25. The van der Waals surface area contributed by atoms with Gasteiger partial charge in [0.15, 0.2) is 5.82 Å². The molecule has 128 valence electrons. The summed E-state index contributed by atoms with van der Waals surface area (Å²) in [5.74, 6) is 1.02. The number of nitrogens with one attached hydrogen (secondary N) is 1. The predicted octanol–water partition coefficient (Wildman–Crippen LogP) is 2.27. The van der Waals surface area contributed by atoms with Crippen LogP contribution in [0.25, 0.3) is 0 Å². The zero-order chi connectivity index (χ0) is 16.1. The number of likely N-dealkylation sites (N-methyl/N-ethyl adjacent to an activating group) is 1. The van der Waals surface area contributed by atoms with Crippen LogP contribution >= 0.6 is 0 Å². The molecule has 0 spiro atoms. The molecular formula is C17H29N5O. The van der Waals surface area contributed by atoms with Crippen LogP contribution in [0.4, 0.5) is 0 Å². The first-order chi connectivity index (χ1) is 11.3. The maximum Gasteiger partial charge on any atom is 0.237 e. The lowest BCUT2D eigenvalue weighted by Gasteiger charge is -2.26. The number of likely N-dealkylation sites (tertiary alicyclic amines) is 1. The standard InChI is InChI=1S/C17H29N5O/c1-21-11-7-3-6-10-15(21)17(23)18-12-16-20-19-13-22(16)14-8-4-2-5-9-14/h13-15H,2-12H2,1H3,(H,18,23)/t15-/m0/s1. The van der Waals surface area contributed by atoms with E-state index in [-0.39, 0.29) is 11.9 Å². The summed E-state index contributed by atoms with van der Waals surface area (Å²) in [5, 5.41) is 11.4. The molecule has 0 aromatic carbocycles. The van der Waals surface area contributed by atoms with E-state index in [0.717, 1.165) is 25.2 Å². The largest absolute Gasteiger partial charge is 0.347 e. The lowest BCUT2D eigenvalue weighted by atomic mass is 9.95. The van der Waals surface area contributed by atoms with E-state index in [4.69, 9.17) is 0 Å². The Balaban J connectivity index is 1.57. The van der Waals surface area contributed by atoms with Gasteiger partial charge in [-0.05, 0) is 39.3 Å². The van der Waals surface area contributed by atoms with Crippen molar-refractivity contribution in [2.75, 3.05) is 13.6 Å². The van der Waals surface area contributed by atoms with Crippen LogP contribution in [0.1, 0.15) is 69.7 Å². The van der Waals surface area contributed by atoms with Gasteiger partial charge in [-0.2, -0.15) is 0 Å². The SMILES string of the molecule is CN1CCCCC[C@H]1C(=O)NCc1nncn1C1CCCCC1. The Labute approximate surface area is 138 Å². The summed E-state index contributed by atoms with van der Waals surface area (Å²) in [5.41, 5.74) is 0. The van der Waals surface area contributed by atoms with Gasteiger partial charge in [-0.25, -0.2) is 0 Å². The molecule has 1 atom stereocenters. The number of amides is 1. The lowest BCUT2D eigenvalue weighted by Crippen LogP contribution is -2.44. The van der Waals surface area contributed by atoms with E-state index in [9.17, 15) is 4.79 Å². The van der Waals surface area contributed by atoms with Crippen LogP contribution < -0.4 is 5.32 Å². The average Bonchev–Trinajstić information content (AvgIpc) is 2.94. The maximum absolute atomic E-state index is 12.5. The molecule has 1 saturated heterocycles. The van der Waals surface area contributed by atoms with Gasteiger partial charge in [-0.1, -0.05) is 32.1 Å². The Morgan fingerprint density at radius 1 is 1.17 bits per heavy atom. The fourth-order valence-electron chi connectivity index (χ4n) is 3.92. The molecule has 23 heavy (non-hydrogen) atoms. The molecule has 1 N–H and O–H groups in total. The Bertz CT molecular complexity index is 509. The maximum atomic E-state index is 12.5. The number of hydrogen-bond donors (Lipinski definition) is 1. The van der Waals surface area contributed by atoms with Crippen LogP contribution in [0.5, 0.6) is 0 Å². The highest BCUT2D eigenvalue weighted by Crippen LogP contribution is 2.28. The van der Waals surface area contributed by atoms with Gasteiger partial charge in [0.1, 0.15) is 6.33 Å². The van der Waals surface area contributed by atoms with Crippen LogP contribution in [0.15, 0.2) is 6.33 Å². The monoisotopic (exact) mass is 319 g/mol. The van der Waals surface area contributed by atoms with Crippen molar-refractivity contribution in [3.8, 4) is 0 Å². The normalized spacial score (nSPS) is 24.3. The zero-order valence-corrected chi connectivity index (χ0v) is 14.2. The van der Waals surface area contributed by atoms with Crippen LogP contribution in [0.2, 0.25) is 0 Å². The Morgan fingerprint density at radius 3 is 2.74 bits per heavy atom. The molecule has 1 amide bonds. The van der Waals surface area contributed by atoms with Crippen molar-refractivity contribution in [3.05, 3.63) is 12.2 Å². The van der Waals surface area contributed by atoms with Gasteiger partial charge >= 0.3 is 0 Å². The van der Waals surface area contributed by atoms with Crippen molar-refractivity contribution >= 4 is 5.91 Å². The quantitative estimate of drug-likeness (QED) is 0.925. The van der Waals surface area contributed by atoms with E-state index in [0.29, 0.717) is 12.6 Å². The van der Waals surface area contributed by atoms with Crippen molar-refractivity contribution in [1.82, 2.24) is 25.0 Å². The molecule has 1 aromatic rings. The summed E-state index contributed by atoms with van der Waals surface area (Å²) in [6, 6.07) is 0.509. The van der Waals surface area contributed by atoms with Gasteiger partial charge in [0.05, 0.1) is 12.6 Å². The van der Waals surface area contributed by atoms with Gasteiger partial charge in [-0.3, -0.25) is 9.69 Å². The number of nitrogens with zero attached hydrogens (tertiary/aromatic N) is 4. The fourth-order valence-corrected chi connectivity index (χ4v) is 3.92. The summed E-state index contributed by atoms with van der Waals surface area (Å²) in [4.78, 5) is 14.7. The Morgan fingerprint density at radius 2 is 1.91 bits per heavy atom. The molecule has 2 aliphatic rings. The van der Waals surface area contributed by atoms with Crippen molar-refractivity contribution < 1.29 is 4.79 Å². The summed E-state index contributed by atoms with van der Waals surface area (Å²) < 4.78 is 2.18. The third-order valence-corrected chi connectivity index (χ3v) is 5.36. The van der Waals surface area contributed by atoms with Crippen molar-refractivity contribution in [3.63, 3.8) is 0 Å². The minimum absolute atomic E-state index is 0.00329. The number of rotatable bonds is 4. The molecule has 1 aliphatic heterocycles. The van der Waals surface area contributed by atoms with Crippen LogP contribution in [-0.2, 0) is 11.3 Å². The Hall–Kier alpha value is -1.43. The Kier molecular flexibility index (Phi) is 5.65. The molecule has 6 nitrogen and oxygen atoms in total. The van der Waals surface area contributed by atoms with E-state index in [1.54, 1.807) is 0 Å². The molecule has 0 unspecified atom stereocenters. The lowest BCUT2D eigenvalue weighted by molar-refractivity contribution is -0.126. The van der Waals surface area contributed by atoms with E-state index in [1.165, 1.54) is 44.9 Å². The molecule has 3 rings (SSSR count). The second-order valence-corrected chi connectivity index (χ2v) is 7.01. The molecule has 0 bridgehead atoms.